The van der Waals surface area contributed by atoms with Gasteiger partial charge in [-0.3, -0.25) is 9.89 Å². The van der Waals surface area contributed by atoms with Crippen LogP contribution in [0.5, 0.6) is 0 Å². The highest BCUT2D eigenvalue weighted by Crippen LogP contribution is 2.33. The largest absolute Gasteiger partial charge is 0.342 e. The van der Waals surface area contributed by atoms with Gasteiger partial charge in [0.15, 0.2) is 9.84 Å². The summed E-state index contributed by atoms with van der Waals surface area (Å²) in [7, 11) is -3.25. The van der Waals surface area contributed by atoms with Crippen LogP contribution in [0.4, 0.5) is 0 Å². The first-order chi connectivity index (χ1) is 10.4. The molecule has 1 amide bonds. The van der Waals surface area contributed by atoms with Gasteiger partial charge in [-0.1, -0.05) is 0 Å². The van der Waals surface area contributed by atoms with E-state index in [1.54, 1.807) is 0 Å². The molecule has 122 valence electrons. The van der Waals surface area contributed by atoms with Crippen LogP contribution in [0.1, 0.15) is 37.8 Å². The lowest BCUT2D eigenvalue weighted by Gasteiger charge is -2.33. The third-order valence-electron chi connectivity index (χ3n) is 4.60. The van der Waals surface area contributed by atoms with E-state index in [1.807, 2.05) is 4.90 Å². The van der Waals surface area contributed by atoms with Gasteiger partial charge >= 0.3 is 0 Å². The number of aromatic nitrogens is 2. The van der Waals surface area contributed by atoms with Gasteiger partial charge < -0.3 is 4.90 Å². The number of hydrogen-bond donors (Lipinski definition) is 1. The Bertz CT molecular complexity index is 649. The zero-order chi connectivity index (χ0) is 15.7. The molecule has 1 aliphatic carbocycles. The minimum Gasteiger partial charge on any atom is -0.342 e. The van der Waals surface area contributed by atoms with Crippen LogP contribution in [-0.2, 0) is 21.1 Å². The van der Waals surface area contributed by atoms with E-state index < -0.39 is 9.84 Å². The first-order valence-electron chi connectivity index (χ1n) is 7.93. The summed E-state index contributed by atoms with van der Waals surface area (Å²) in [6.45, 7) is 1.57. The maximum atomic E-state index is 12.2. The molecular weight excluding hydrogens is 302 g/mol. The molecule has 7 heteroatoms. The molecule has 2 aliphatic rings. The summed E-state index contributed by atoms with van der Waals surface area (Å²) >= 11 is 0. The normalized spacial score (nSPS) is 22.8. The molecule has 22 heavy (non-hydrogen) atoms. The Labute approximate surface area is 131 Å². The summed E-state index contributed by atoms with van der Waals surface area (Å²) in [4.78, 5) is 14.5. The minimum absolute atomic E-state index is 0.264. The van der Waals surface area contributed by atoms with Gasteiger partial charge in [-0.25, -0.2) is 8.42 Å². The minimum atomic E-state index is -3.25. The summed E-state index contributed by atoms with van der Waals surface area (Å²) in [6.07, 6.45) is 8.29. The molecule has 1 N–H and O–H groups in total. The van der Waals surface area contributed by atoms with Crippen molar-refractivity contribution in [3.8, 4) is 0 Å². The Kier molecular flexibility index (Phi) is 4.25. The maximum Gasteiger partial charge on any atom is 0.222 e. The zero-order valence-corrected chi connectivity index (χ0v) is 13.7. The number of sulfone groups is 1. The molecule has 2 fully saturated rings. The molecule has 1 saturated heterocycles. The average Bonchev–Trinajstić information content (AvgIpc) is 3.13. The van der Waals surface area contributed by atoms with Crippen molar-refractivity contribution in [2.45, 2.75) is 43.4 Å². The van der Waals surface area contributed by atoms with Crippen LogP contribution >= 0.6 is 0 Å². The van der Waals surface area contributed by atoms with Crippen molar-refractivity contribution in [2.75, 3.05) is 19.3 Å². The third-order valence-corrected chi connectivity index (χ3v) is 5.75. The summed E-state index contributed by atoms with van der Waals surface area (Å²) in [5, 5.41) is 6.68. The van der Waals surface area contributed by atoms with Crippen molar-refractivity contribution >= 4 is 15.7 Å². The second-order valence-electron chi connectivity index (χ2n) is 6.68. The van der Waals surface area contributed by atoms with Gasteiger partial charge in [0, 0.05) is 25.8 Å². The fourth-order valence-electron chi connectivity index (χ4n) is 3.21. The molecular formula is C15H23N3O3S. The quantitative estimate of drug-likeness (QED) is 0.887. The summed E-state index contributed by atoms with van der Waals surface area (Å²) in [5.74, 6) is 1.18. The van der Waals surface area contributed by atoms with Crippen molar-refractivity contribution < 1.29 is 13.2 Å². The lowest BCUT2D eigenvalue weighted by Crippen LogP contribution is -2.40. The number of nitrogens with zero attached hydrogens (tertiary/aromatic N) is 2. The Hall–Kier alpha value is -1.37. The molecule has 0 radical (unpaired) electrons. The van der Waals surface area contributed by atoms with Crippen molar-refractivity contribution in [1.82, 2.24) is 15.1 Å². The fraction of sp³-hybridized carbons (Fsp3) is 0.733. The fourth-order valence-corrected chi connectivity index (χ4v) is 4.03. The molecule has 6 nitrogen and oxygen atoms in total. The molecule has 1 atom stereocenters. The van der Waals surface area contributed by atoms with Crippen LogP contribution in [0.2, 0.25) is 0 Å². The van der Waals surface area contributed by atoms with Gasteiger partial charge in [0.2, 0.25) is 5.91 Å². The molecule has 1 saturated carbocycles. The smallest absolute Gasteiger partial charge is 0.222 e. The lowest BCUT2D eigenvalue weighted by molar-refractivity contribution is -0.133. The first-order valence-corrected chi connectivity index (χ1v) is 9.82. The predicted molar refractivity (Wildman–Crippen MR) is 82.0 cm³/mol. The number of aromatic amines is 1. The van der Waals surface area contributed by atoms with Gasteiger partial charge in [-0.05, 0) is 43.9 Å². The monoisotopic (exact) mass is 325 g/mol. The number of nitrogens with one attached hydrogen (secondary N) is 1. The second-order valence-corrected chi connectivity index (χ2v) is 8.67. The molecule has 1 aromatic heterocycles. The Morgan fingerprint density at radius 1 is 1.36 bits per heavy atom. The topological polar surface area (TPSA) is 83.1 Å². The number of H-pyrrole nitrogens is 1. The molecule has 0 unspecified atom stereocenters. The van der Waals surface area contributed by atoms with Crippen molar-refractivity contribution in [2.24, 2.45) is 11.8 Å². The van der Waals surface area contributed by atoms with Crippen LogP contribution in [0.3, 0.4) is 0 Å². The number of likely N-dealkylation sites (tertiary alicyclic amines) is 1. The van der Waals surface area contributed by atoms with E-state index in [0.29, 0.717) is 30.4 Å². The SMILES string of the molecule is CS(=O)(=O)c1cn[nH]c1C[C@H]1CCCN(C(=O)CC2CC2)C1. The second kappa shape index (κ2) is 6.02. The highest BCUT2D eigenvalue weighted by atomic mass is 32.2. The number of piperidine rings is 1. The molecule has 1 aliphatic heterocycles. The highest BCUT2D eigenvalue weighted by molar-refractivity contribution is 7.90. The third kappa shape index (κ3) is 3.69. The van der Waals surface area contributed by atoms with Gasteiger partial charge in [-0.15, -0.1) is 0 Å². The Morgan fingerprint density at radius 2 is 2.14 bits per heavy atom. The zero-order valence-electron chi connectivity index (χ0n) is 12.9. The molecule has 1 aromatic rings. The Morgan fingerprint density at radius 3 is 2.82 bits per heavy atom. The summed E-state index contributed by atoms with van der Waals surface area (Å²) in [6, 6.07) is 0. The standard InChI is InChI=1S/C15H23N3O3S/c1-22(20,21)14-9-16-17-13(14)7-12-3-2-6-18(10-12)15(19)8-11-4-5-11/h9,11-12H,2-8,10H2,1H3,(H,16,17)/t12-/m1/s1. The van der Waals surface area contributed by atoms with Gasteiger partial charge in [0.25, 0.3) is 0 Å². The number of amides is 1. The predicted octanol–water partition coefficient (Wildman–Crippen LogP) is 1.39. The van der Waals surface area contributed by atoms with Crippen LogP contribution in [0, 0.1) is 11.8 Å². The molecule has 0 spiro atoms. The van der Waals surface area contributed by atoms with Gasteiger partial charge in [-0.2, -0.15) is 5.10 Å². The summed E-state index contributed by atoms with van der Waals surface area (Å²) in [5.41, 5.74) is 0.670. The van der Waals surface area contributed by atoms with Crippen molar-refractivity contribution in [3.63, 3.8) is 0 Å². The van der Waals surface area contributed by atoms with Gasteiger partial charge in [0.05, 0.1) is 11.9 Å². The van der Waals surface area contributed by atoms with Crippen LogP contribution in [0.15, 0.2) is 11.1 Å². The number of carbonyl (C=O) groups excluding carboxylic acids is 1. The van der Waals surface area contributed by atoms with E-state index in [1.165, 1.54) is 25.3 Å². The Balaban J connectivity index is 1.63. The first kappa shape index (κ1) is 15.5. The van der Waals surface area contributed by atoms with E-state index in [0.717, 1.165) is 25.9 Å². The number of rotatable bonds is 5. The van der Waals surface area contributed by atoms with Crippen LogP contribution in [-0.4, -0.2) is 48.8 Å². The van der Waals surface area contributed by atoms with E-state index in [-0.39, 0.29) is 10.8 Å². The molecule has 2 heterocycles. The number of hydrogen-bond acceptors (Lipinski definition) is 4. The van der Waals surface area contributed by atoms with Crippen molar-refractivity contribution in [3.05, 3.63) is 11.9 Å². The van der Waals surface area contributed by atoms with E-state index in [2.05, 4.69) is 10.2 Å². The van der Waals surface area contributed by atoms with E-state index in [4.69, 9.17) is 0 Å². The maximum absolute atomic E-state index is 12.2. The molecule has 0 aromatic carbocycles. The lowest BCUT2D eigenvalue weighted by atomic mass is 9.93. The average molecular weight is 325 g/mol. The van der Waals surface area contributed by atoms with E-state index in [9.17, 15) is 13.2 Å². The van der Waals surface area contributed by atoms with Gasteiger partial charge in [0.1, 0.15) is 4.90 Å². The van der Waals surface area contributed by atoms with Crippen LogP contribution in [0.25, 0.3) is 0 Å². The summed E-state index contributed by atoms with van der Waals surface area (Å²) < 4.78 is 23.5. The van der Waals surface area contributed by atoms with E-state index >= 15 is 0 Å². The van der Waals surface area contributed by atoms with Crippen molar-refractivity contribution in [1.29, 1.82) is 0 Å². The number of carbonyl (C=O) groups is 1. The highest BCUT2D eigenvalue weighted by Gasteiger charge is 2.30. The molecule has 0 bridgehead atoms. The molecule has 3 rings (SSSR count). The van der Waals surface area contributed by atoms with Crippen LogP contribution < -0.4 is 0 Å².